The lowest BCUT2D eigenvalue weighted by molar-refractivity contribution is -0.133. The highest BCUT2D eigenvalue weighted by molar-refractivity contribution is 6.30. The predicted octanol–water partition coefficient (Wildman–Crippen LogP) is 2.65. The SMILES string of the molecule is COc1ccc(Cl)cc1CC(=O)N(CCO)C1CCCC1. The van der Waals surface area contributed by atoms with E-state index in [1.165, 1.54) is 0 Å². The smallest absolute Gasteiger partial charge is 0.227 e. The molecule has 0 bridgehead atoms. The fourth-order valence-electron chi connectivity index (χ4n) is 2.98. The highest BCUT2D eigenvalue weighted by atomic mass is 35.5. The Hall–Kier alpha value is -1.26. The fraction of sp³-hybridized carbons (Fsp3) is 0.562. The van der Waals surface area contributed by atoms with Crippen LogP contribution < -0.4 is 4.74 Å². The number of methoxy groups -OCH3 is 1. The molecule has 1 fully saturated rings. The molecular formula is C16H22ClNO3. The van der Waals surface area contributed by atoms with Crippen LogP contribution >= 0.6 is 11.6 Å². The van der Waals surface area contributed by atoms with Crippen molar-refractivity contribution in [3.05, 3.63) is 28.8 Å². The molecule has 1 saturated carbocycles. The van der Waals surface area contributed by atoms with Crippen molar-refractivity contribution in [1.29, 1.82) is 0 Å². The molecule has 0 aliphatic heterocycles. The Kier molecular flexibility index (Phi) is 5.88. The van der Waals surface area contributed by atoms with Gasteiger partial charge in [-0.05, 0) is 31.0 Å². The highest BCUT2D eigenvalue weighted by Crippen LogP contribution is 2.26. The average molecular weight is 312 g/mol. The van der Waals surface area contributed by atoms with Gasteiger partial charge in [0.25, 0.3) is 0 Å². The summed E-state index contributed by atoms with van der Waals surface area (Å²) in [7, 11) is 1.58. The number of hydrogen-bond donors (Lipinski definition) is 1. The summed E-state index contributed by atoms with van der Waals surface area (Å²) in [5.41, 5.74) is 0.788. The van der Waals surface area contributed by atoms with Crippen LogP contribution in [0.4, 0.5) is 0 Å². The minimum Gasteiger partial charge on any atom is -0.496 e. The Morgan fingerprint density at radius 2 is 2.14 bits per heavy atom. The van der Waals surface area contributed by atoms with E-state index in [1.807, 2.05) is 4.90 Å². The van der Waals surface area contributed by atoms with Crippen LogP contribution in [0.5, 0.6) is 5.75 Å². The molecule has 0 spiro atoms. The molecule has 1 aliphatic rings. The van der Waals surface area contributed by atoms with Gasteiger partial charge in [-0.1, -0.05) is 24.4 Å². The second-order valence-electron chi connectivity index (χ2n) is 5.38. The number of halogens is 1. The van der Waals surface area contributed by atoms with Gasteiger partial charge in [0.15, 0.2) is 0 Å². The summed E-state index contributed by atoms with van der Waals surface area (Å²) in [6.07, 6.45) is 4.61. The zero-order valence-corrected chi connectivity index (χ0v) is 13.1. The Morgan fingerprint density at radius 3 is 2.76 bits per heavy atom. The van der Waals surface area contributed by atoms with Gasteiger partial charge in [-0.2, -0.15) is 0 Å². The van der Waals surface area contributed by atoms with E-state index in [0.717, 1.165) is 31.2 Å². The zero-order valence-electron chi connectivity index (χ0n) is 12.3. The number of ether oxygens (including phenoxy) is 1. The molecule has 1 aliphatic carbocycles. The summed E-state index contributed by atoms with van der Waals surface area (Å²) in [4.78, 5) is 14.4. The zero-order chi connectivity index (χ0) is 15.2. The van der Waals surface area contributed by atoms with Gasteiger partial charge >= 0.3 is 0 Å². The van der Waals surface area contributed by atoms with Crippen LogP contribution in [-0.4, -0.2) is 42.2 Å². The third-order valence-corrected chi connectivity index (χ3v) is 4.25. The van der Waals surface area contributed by atoms with E-state index < -0.39 is 0 Å². The number of nitrogens with zero attached hydrogens (tertiary/aromatic N) is 1. The lowest BCUT2D eigenvalue weighted by atomic mass is 10.1. The number of amides is 1. The standard InChI is InChI=1S/C16H22ClNO3/c1-21-15-7-6-13(17)10-12(15)11-16(20)18(8-9-19)14-4-2-3-5-14/h6-7,10,14,19H,2-5,8-9,11H2,1H3. The van der Waals surface area contributed by atoms with E-state index in [4.69, 9.17) is 16.3 Å². The highest BCUT2D eigenvalue weighted by Gasteiger charge is 2.26. The second kappa shape index (κ2) is 7.66. The molecule has 1 N–H and O–H groups in total. The summed E-state index contributed by atoms with van der Waals surface area (Å²) in [5.74, 6) is 0.694. The molecule has 1 aromatic carbocycles. The molecule has 1 aromatic rings. The quantitative estimate of drug-likeness (QED) is 0.878. The van der Waals surface area contributed by atoms with Crippen molar-refractivity contribution >= 4 is 17.5 Å². The molecular weight excluding hydrogens is 290 g/mol. The van der Waals surface area contributed by atoms with Crippen molar-refractivity contribution in [3.8, 4) is 5.75 Å². The third-order valence-electron chi connectivity index (χ3n) is 4.01. The number of benzene rings is 1. The van der Waals surface area contributed by atoms with E-state index in [0.29, 0.717) is 17.3 Å². The van der Waals surface area contributed by atoms with Crippen molar-refractivity contribution in [1.82, 2.24) is 4.90 Å². The van der Waals surface area contributed by atoms with Gasteiger partial charge in [0, 0.05) is 23.2 Å². The first kappa shape index (κ1) is 16.1. The summed E-state index contributed by atoms with van der Waals surface area (Å²) in [5, 5.41) is 9.81. The Morgan fingerprint density at radius 1 is 1.43 bits per heavy atom. The molecule has 5 heteroatoms. The topological polar surface area (TPSA) is 49.8 Å². The average Bonchev–Trinajstić information content (AvgIpc) is 2.98. The maximum Gasteiger partial charge on any atom is 0.227 e. The Labute approximate surface area is 130 Å². The molecule has 0 saturated heterocycles. The van der Waals surface area contributed by atoms with Gasteiger partial charge in [-0.3, -0.25) is 4.79 Å². The van der Waals surface area contributed by atoms with Crippen LogP contribution in [-0.2, 0) is 11.2 Å². The summed E-state index contributed by atoms with van der Waals surface area (Å²) in [6, 6.07) is 5.55. The van der Waals surface area contributed by atoms with Crippen molar-refractivity contribution in [2.75, 3.05) is 20.3 Å². The first-order chi connectivity index (χ1) is 10.2. The number of aliphatic hydroxyl groups is 1. The minimum atomic E-state index is -0.00504. The van der Waals surface area contributed by atoms with Crippen LogP contribution in [0.15, 0.2) is 18.2 Å². The van der Waals surface area contributed by atoms with Crippen molar-refractivity contribution < 1.29 is 14.6 Å². The summed E-state index contributed by atoms with van der Waals surface area (Å²) in [6.45, 7) is 0.390. The second-order valence-corrected chi connectivity index (χ2v) is 5.82. The molecule has 2 rings (SSSR count). The third kappa shape index (κ3) is 4.11. The number of hydrogen-bond acceptors (Lipinski definition) is 3. The van der Waals surface area contributed by atoms with Gasteiger partial charge in [0.1, 0.15) is 5.75 Å². The molecule has 0 aromatic heterocycles. The lowest BCUT2D eigenvalue weighted by Gasteiger charge is -2.28. The molecule has 1 amide bonds. The predicted molar refractivity (Wildman–Crippen MR) is 82.8 cm³/mol. The molecule has 116 valence electrons. The minimum absolute atomic E-state index is 0.00504. The Bertz CT molecular complexity index is 486. The Balaban J connectivity index is 2.12. The fourth-order valence-corrected chi connectivity index (χ4v) is 3.18. The van der Waals surface area contributed by atoms with Crippen molar-refractivity contribution in [3.63, 3.8) is 0 Å². The first-order valence-corrected chi connectivity index (χ1v) is 7.76. The molecule has 0 radical (unpaired) electrons. The van der Waals surface area contributed by atoms with Gasteiger partial charge in [-0.15, -0.1) is 0 Å². The molecule has 0 atom stereocenters. The van der Waals surface area contributed by atoms with Gasteiger partial charge in [-0.25, -0.2) is 0 Å². The first-order valence-electron chi connectivity index (χ1n) is 7.38. The van der Waals surface area contributed by atoms with Crippen LogP contribution in [0, 0.1) is 0 Å². The van der Waals surface area contributed by atoms with Crippen LogP contribution in [0.25, 0.3) is 0 Å². The van der Waals surface area contributed by atoms with Crippen LogP contribution in [0.3, 0.4) is 0 Å². The molecule has 0 heterocycles. The molecule has 0 unspecified atom stereocenters. The van der Waals surface area contributed by atoms with E-state index in [-0.39, 0.29) is 25.0 Å². The number of rotatable bonds is 6. The maximum atomic E-state index is 12.6. The maximum absolute atomic E-state index is 12.6. The van der Waals surface area contributed by atoms with Gasteiger partial charge in [0.2, 0.25) is 5.91 Å². The van der Waals surface area contributed by atoms with Gasteiger partial charge < -0.3 is 14.7 Å². The van der Waals surface area contributed by atoms with E-state index in [9.17, 15) is 9.90 Å². The van der Waals surface area contributed by atoms with Gasteiger partial charge in [0.05, 0.1) is 20.1 Å². The van der Waals surface area contributed by atoms with Crippen molar-refractivity contribution in [2.45, 2.75) is 38.1 Å². The number of carbonyl (C=O) groups is 1. The molecule has 4 nitrogen and oxygen atoms in total. The van der Waals surface area contributed by atoms with Crippen LogP contribution in [0.1, 0.15) is 31.2 Å². The normalized spacial score (nSPS) is 15.2. The summed E-state index contributed by atoms with van der Waals surface area (Å²) >= 11 is 6.00. The summed E-state index contributed by atoms with van der Waals surface area (Å²) < 4.78 is 5.29. The van der Waals surface area contributed by atoms with E-state index in [2.05, 4.69) is 0 Å². The largest absolute Gasteiger partial charge is 0.496 e. The van der Waals surface area contributed by atoms with E-state index >= 15 is 0 Å². The lowest BCUT2D eigenvalue weighted by Crippen LogP contribution is -2.41. The van der Waals surface area contributed by atoms with Crippen LogP contribution in [0.2, 0.25) is 5.02 Å². The van der Waals surface area contributed by atoms with Crippen molar-refractivity contribution in [2.24, 2.45) is 0 Å². The van der Waals surface area contributed by atoms with E-state index in [1.54, 1.807) is 25.3 Å². The monoisotopic (exact) mass is 311 g/mol. The number of aliphatic hydroxyl groups excluding tert-OH is 1. The number of carbonyl (C=O) groups excluding carboxylic acids is 1. The molecule has 21 heavy (non-hydrogen) atoms.